The second kappa shape index (κ2) is 5.75. The van der Waals surface area contributed by atoms with Gasteiger partial charge in [0.15, 0.2) is 0 Å². The van der Waals surface area contributed by atoms with Crippen LogP contribution in [-0.2, 0) is 14.3 Å². The van der Waals surface area contributed by atoms with E-state index in [1.165, 1.54) is 7.11 Å². The third kappa shape index (κ3) is 3.61. The van der Waals surface area contributed by atoms with Crippen LogP contribution in [0.5, 0.6) is 0 Å². The second-order valence-electron chi connectivity index (χ2n) is 3.12. The number of nitrogens with two attached hydrogens (primary N) is 1. The smallest absolute Gasteiger partial charge is 0.405 e. The van der Waals surface area contributed by atoms with Crippen molar-refractivity contribution in [2.24, 2.45) is 5.73 Å². The van der Waals surface area contributed by atoms with Crippen molar-refractivity contribution < 1.29 is 19.1 Å². The minimum atomic E-state index is -0.919. The van der Waals surface area contributed by atoms with E-state index in [1.807, 2.05) is 6.07 Å². The molecule has 2 N–H and O–H groups in total. The standard InChI is InChI=1S/C11H13NO4/c1-15-10(13)7-9(16-11(12)14)8-5-3-2-4-6-8/h2-6,9H,7H2,1H3,(H2,12,14)/t9-/m0/s1. The van der Waals surface area contributed by atoms with E-state index in [-0.39, 0.29) is 6.42 Å². The third-order valence-electron chi connectivity index (χ3n) is 2.01. The molecule has 86 valence electrons. The summed E-state index contributed by atoms with van der Waals surface area (Å²) in [5.41, 5.74) is 5.64. The van der Waals surface area contributed by atoms with Gasteiger partial charge < -0.3 is 15.2 Å². The molecule has 0 heterocycles. The summed E-state index contributed by atoms with van der Waals surface area (Å²) in [6.07, 6.45) is -1.67. The molecule has 0 aromatic heterocycles. The van der Waals surface area contributed by atoms with Crippen LogP contribution in [0.2, 0.25) is 0 Å². The van der Waals surface area contributed by atoms with Gasteiger partial charge in [0.25, 0.3) is 0 Å². The summed E-state index contributed by atoms with van der Waals surface area (Å²) < 4.78 is 9.36. The Morgan fingerprint density at radius 2 is 1.94 bits per heavy atom. The highest BCUT2D eigenvalue weighted by Crippen LogP contribution is 2.21. The summed E-state index contributed by atoms with van der Waals surface area (Å²) in [4.78, 5) is 21.8. The molecular weight excluding hydrogens is 210 g/mol. The summed E-state index contributed by atoms with van der Waals surface area (Å²) in [5.74, 6) is -0.463. The van der Waals surface area contributed by atoms with Gasteiger partial charge in [0.2, 0.25) is 0 Å². The molecule has 0 saturated carbocycles. The Bertz CT molecular complexity index is 364. The highest BCUT2D eigenvalue weighted by atomic mass is 16.6. The highest BCUT2D eigenvalue weighted by molar-refractivity contribution is 5.71. The van der Waals surface area contributed by atoms with Crippen molar-refractivity contribution in [1.82, 2.24) is 0 Å². The van der Waals surface area contributed by atoms with Crippen molar-refractivity contribution in [1.29, 1.82) is 0 Å². The zero-order valence-corrected chi connectivity index (χ0v) is 8.88. The lowest BCUT2D eigenvalue weighted by Gasteiger charge is -2.15. The Hall–Kier alpha value is -2.04. The van der Waals surface area contributed by atoms with Crippen molar-refractivity contribution in [2.75, 3.05) is 7.11 Å². The van der Waals surface area contributed by atoms with Crippen LogP contribution in [0.4, 0.5) is 4.79 Å². The average Bonchev–Trinajstić information content (AvgIpc) is 2.28. The number of methoxy groups -OCH3 is 1. The van der Waals surface area contributed by atoms with E-state index in [2.05, 4.69) is 4.74 Å². The van der Waals surface area contributed by atoms with Gasteiger partial charge >= 0.3 is 12.1 Å². The lowest BCUT2D eigenvalue weighted by Crippen LogP contribution is -2.20. The van der Waals surface area contributed by atoms with E-state index in [4.69, 9.17) is 10.5 Å². The zero-order valence-electron chi connectivity index (χ0n) is 8.88. The van der Waals surface area contributed by atoms with Crippen LogP contribution in [0.3, 0.4) is 0 Å². The maximum atomic E-state index is 11.1. The average molecular weight is 223 g/mol. The minimum Gasteiger partial charge on any atom is -0.469 e. The van der Waals surface area contributed by atoms with Gasteiger partial charge in [0.1, 0.15) is 6.10 Å². The number of benzene rings is 1. The molecule has 0 bridgehead atoms. The molecular formula is C11H13NO4. The van der Waals surface area contributed by atoms with Crippen molar-refractivity contribution in [3.8, 4) is 0 Å². The van der Waals surface area contributed by atoms with Gasteiger partial charge in [-0.2, -0.15) is 0 Å². The topological polar surface area (TPSA) is 78.6 Å². The molecule has 0 saturated heterocycles. The molecule has 1 amide bonds. The molecule has 0 aliphatic carbocycles. The molecule has 1 aromatic carbocycles. The molecule has 0 aliphatic rings. The van der Waals surface area contributed by atoms with Gasteiger partial charge in [-0.15, -0.1) is 0 Å². The molecule has 5 heteroatoms. The minimum absolute atomic E-state index is 0.0521. The summed E-state index contributed by atoms with van der Waals surface area (Å²) in [7, 11) is 1.27. The first-order chi connectivity index (χ1) is 7.63. The number of primary amides is 1. The van der Waals surface area contributed by atoms with Gasteiger partial charge in [0, 0.05) is 0 Å². The van der Waals surface area contributed by atoms with Crippen LogP contribution in [-0.4, -0.2) is 19.2 Å². The van der Waals surface area contributed by atoms with Crippen molar-refractivity contribution >= 4 is 12.1 Å². The SMILES string of the molecule is COC(=O)C[C@H](OC(N)=O)c1ccccc1. The van der Waals surface area contributed by atoms with Crippen LogP contribution in [0.1, 0.15) is 18.1 Å². The Morgan fingerprint density at radius 1 is 1.31 bits per heavy atom. The van der Waals surface area contributed by atoms with Crippen LogP contribution in [0.25, 0.3) is 0 Å². The molecule has 5 nitrogen and oxygen atoms in total. The molecule has 0 aliphatic heterocycles. The van der Waals surface area contributed by atoms with Gasteiger partial charge in [-0.05, 0) is 5.56 Å². The normalized spacial score (nSPS) is 11.6. The van der Waals surface area contributed by atoms with Gasteiger partial charge in [-0.3, -0.25) is 4.79 Å². The van der Waals surface area contributed by atoms with Crippen LogP contribution < -0.4 is 5.73 Å². The quantitative estimate of drug-likeness (QED) is 0.782. The Labute approximate surface area is 93.1 Å². The van der Waals surface area contributed by atoms with E-state index in [9.17, 15) is 9.59 Å². The summed E-state index contributed by atoms with van der Waals surface area (Å²) in [5, 5.41) is 0. The Kier molecular flexibility index (Phi) is 4.32. The first-order valence-corrected chi connectivity index (χ1v) is 4.71. The zero-order chi connectivity index (χ0) is 12.0. The number of carbonyl (C=O) groups is 2. The predicted molar refractivity (Wildman–Crippen MR) is 56.5 cm³/mol. The van der Waals surface area contributed by atoms with Gasteiger partial charge in [0.05, 0.1) is 13.5 Å². The number of carbonyl (C=O) groups excluding carboxylic acids is 2. The number of ether oxygens (including phenoxy) is 2. The number of amides is 1. The number of rotatable bonds is 4. The monoisotopic (exact) mass is 223 g/mol. The first kappa shape index (κ1) is 12.0. The summed E-state index contributed by atoms with van der Waals surface area (Å²) in [6, 6.07) is 8.88. The first-order valence-electron chi connectivity index (χ1n) is 4.71. The summed E-state index contributed by atoms with van der Waals surface area (Å²) >= 11 is 0. The number of esters is 1. The van der Waals surface area contributed by atoms with Crippen LogP contribution in [0.15, 0.2) is 30.3 Å². The molecule has 0 radical (unpaired) electrons. The molecule has 0 unspecified atom stereocenters. The number of hydrogen-bond acceptors (Lipinski definition) is 4. The van der Waals surface area contributed by atoms with Gasteiger partial charge in [-0.1, -0.05) is 30.3 Å². The molecule has 16 heavy (non-hydrogen) atoms. The van der Waals surface area contributed by atoms with E-state index in [0.29, 0.717) is 5.56 Å². The molecule has 0 spiro atoms. The maximum Gasteiger partial charge on any atom is 0.405 e. The fraction of sp³-hybridized carbons (Fsp3) is 0.273. The lowest BCUT2D eigenvalue weighted by molar-refractivity contribution is -0.142. The Balaban J connectivity index is 2.79. The fourth-order valence-corrected chi connectivity index (χ4v) is 1.27. The predicted octanol–water partition coefficient (Wildman–Crippen LogP) is 1.39. The van der Waals surface area contributed by atoms with Gasteiger partial charge in [-0.25, -0.2) is 4.79 Å². The lowest BCUT2D eigenvalue weighted by atomic mass is 10.1. The van der Waals surface area contributed by atoms with E-state index >= 15 is 0 Å². The van der Waals surface area contributed by atoms with E-state index < -0.39 is 18.2 Å². The Morgan fingerprint density at radius 3 is 2.44 bits per heavy atom. The largest absolute Gasteiger partial charge is 0.469 e. The third-order valence-corrected chi connectivity index (χ3v) is 2.01. The number of hydrogen-bond donors (Lipinski definition) is 1. The molecule has 1 aromatic rings. The van der Waals surface area contributed by atoms with Crippen molar-refractivity contribution in [2.45, 2.75) is 12.5 Å². The van der Waals surface area contributed by atoms with E-state index in [1.54, 1.807) is 24.3 Å². The summed E-state index contributed by atoms with van der Waals surface area (Å²) in [6.45, 7) is 0. The van der Waals surface area contributed by atoms with Crippen LogP contribution >= 0.6 is 0 Å². The fourth-order valence-electron chi connectivity index (χ4n) is 1.27. The molecule has 1 rings (SSSR count). The molecule has 1 atom stereocenters. The van der Waals surface area contributed by atoms with Crippen LogP contribution in [0, 0.1) is 0 Å². The second-order valence-corrected chi connectivity index (χ2v) is 3.12. The van der Waals surface area contributed by atoms with E-state index in [0.717, 1.165) is 0 Å². The molecule has 0 fully saturated rings. The maximum absolute atomic E-state index is 11.1. The highest BCUT2D eigenvalue weighted by Gasteiger charge is 2.19. The van der Waals surface area contributed by atoms with Crippen molar-refractivity contribution in [3.63, 3.8) is 0 Å². The van der Waals surface area contributed by atoms with Crippen molar-refractivity contribution in [3.05, 3.63) is 35.9 Å².